The van der Waals surface area contributed by atoms with Crippen molar-refractivity contribution in [1.29, 1.82) is 0 Å². The van der Waals surface area contributed by atoms with E-state index in [0.29, 0.717) is 42.9 Å². The fraction of sp³-hybridized carbons (Fsp3) is 0.409. The number of likely N-dealkylation sites (N-methyl/N-ethyl adjacent to an activating group) is 1. The number of carbonyl (C=O) groups excluding carboxylic acids is 1. The number of aldehydes is 1. The van der Waals surface area contributed by atoms with E-state index in [1.54, 1.807) is 6.07 Å². The Labute approximate surface area is 196 Å². The van der Waals surface area contributed by atoms with Gasteiger partial charge in [0.1, 0.15) is 24.5 Å². The van der Waals surface area contributed by atoms with Crippen molar-refractivity contribution in [3.05, 3.63) is 59.2 Å². The van der Waals surface area contributed by atoms with E-state index in [4.69, 9.17) is 15.9 Å². The maximum Gasteiger partial charge on any atom is 0.405 e. The lowest BCUT2D eigenvalue weighted by Crippen LogP contribution is -2.47. The molecule has 2 unspecified atom stereocenters. The average Bonchev–Trinajstić information content (AvgIpc) is 3.27. The van der Waals surface area contributed by atoms with Crippen molar-refractivity contribution < 1.29 is 31.2 Å². The van der Waals surface area contributed by atoms with Crippen LogP contribution in [0.1, 0.15) is 17.5 Å². The molecule has 1 fully saturated rings. The number of alkyl halides is 3. The molecule has 34 heavy (non-hydrogen) atoms. The molecule has 6 nitrogen and oxygen atoms in total. The Morgan fingerprint density at radius 2 is 1.97 bits per heavy atom. The van der Waals surface area contributed by atoms with Crippen LogP contribution in [0.3, 0.4) is 0 Å². The van der Waals surface area contributed by atoms with Gasteiger partial charge in [0.05, 0.1) is 23.9 Å². The Bertz CT molecular complexity index is 982. The first kappa shape index (κ1) is 27.8. The molecule has 1 aliphatic heterocycles. The van der Waals surface area contributed by atoms with Crippen LogP contribution in [-0.2, 0) is 11.2 Å². The molecular weight excluding hydrogens is 478 g/mol. The molecule has 1 saturated heterocycles. The van der Waals surface area contributed by atoms with E-state index in [0.717, 1.165) is 12.1 Å². The highest BCUT2D eigenvalue weighted by molar-refractivity contribution is 7.27. The van der Waals surface area contributed by atoms with Crippen LogP contribution in [0.4, 0.5) is 22.0 Å². The topological polar surface area (TPSA) is 88.7 Å². The first-order chi connectivity index (χ1) is 15.9. The molecule has 12 heteroatoms. The van der Waals surface area contributed by atoms with Crippen LogP contribution < -0.4 is 16.8 Å². The second-order valence-corrected chi connectivity index (χ2v) is 8.60. The van der Waals surface area contributed by atoms with Gasteiger partial charge in [0, 0.05) is 43.0 Å². The summed E-state index contributed by atoms with van der Waals surface area (Å²) in [5, 5.41) is 0.181. The summed E-state index contributed by atoms with van der Waals surface area (Å²) in [4.78, 5) is 13.4. The number of carbonyl (C=O) groups is 1. The van der Waals surface area contributed by atoms with Crippen LogP contribution in [0.15, 0.2) is 40.8 Å². The number of piperazine rings is 1. The fourth-order valence-electron chi connectivity index (χ4n) is 3.34. The van der Waals surface area contributed by atoms with E-state index < -0.39 is 30.4 Å². The molecule has 2 heterocycles. The molecule has 2 aromatic rings. The number of rotatable bonds is 6. The fourth-order valence-corrected chi connectivity index (χ4v) is 3.57. The monoisotopic (exact) mass is 506 g/mol. The predicted molar refractivity (Wildman–Crippen MR) is 123 cm³/mol. The van der Waals surface area contributed by atoms with Crippen LogP contribution in [0.25, 0.3) is 5.70 Å². The summed E-state index contributed by atoms with van der Waals surface area (Å²) < 4.78 is 69.1. The summed E-state index contributed by atoms with van der Waals surface area (Å²) in [6.45, 7) is 0.309. The Hall–Kier alpha value is -2.49. The summed E-state index contributed by atoms with van der Waals surface area (Å²) in [5.74, 6) is -0.988. The molecule has 1 aromatic heterocycles. The Morgan fingerprint density at radius 3 is 2.56 bits per heavy atom. The van der Waals surface area contributed by atoms with Gasteiger partial charge in [-0.15, -0.1) is 9.24 Å². The summed E-state index contributed by atoms with van der Waals surface area (Å²) >= 11 is 0. The van der Waals surface area contributed by atoms with Gasteiger partial charge < -0.3 is 25.6 Å². The molecule has 0 amide bonds. The number of benzene rings is 1. The molecule has 4 N–H and O–H groups in total. The summed E-state index contributed by atoms with van der Waals surface area (Å²) in [7, 11) is 3.96. The van der Waals surface area contributed by atoms with Crippen molar-refractivity contribution >= 4 is 26.5 Å². The number of hydrogen-bond acceptors (Lipinski definition) is 6. The van der Waals surface area contributed by atoms with Gasteiger partial charge in [0.2, 0.25) is 0 Å². The third-order valence-corrected chi connectivity index (χ3v) is 5.56. The molecule has 0 aliphatic carbocycles. The third-order valence-electron chi connectivity index (χ3n) is 5.11. The van der Waals surface area contributed by atoms with Gasteiger partial charge in [-0.05, 0) is 37.2 Å². The van der Waals surface area contributed by atoms with Crippen LogP contribution in [0.5, 0.6) is 0 Å². The van der Waals surface area contributed by atoms with Crippen molar-refractivity contribution in [3.63, 3.8) is 0 Å². The first-order valence-corrected chi connectivity index (χ1v) is 10.9. The van der Waals surface area contributed by atoms with Crippen LogP contribution in [0, 0.1) is 11.6 Å². The highest BCUT2D eigenvalue weighted by Gasteiger charge is 2.34. The zero-order valence-electron chi connectivity index (χ0n) is 18.6. The standard InChI is InChI=1S/C12H16F3N3O.C10H12F2NOP/c1-17-3-4-18(8-12(13,14)15)10(6-17)11(16)9-2-5-19-7-9;11-8-5-10(15)9(12)4-6(8)3-7(13)1-2-14/h2,5,7H,3-4,6,8,16H2,1H3;2,4-5,7H,1,3,13,15H2/b11-10-;. The zero-order valence-corrected chi connectivity index (χ0v) is 19.8. The summed E-state index contributed by atoms with van der Waals surface area (Å²) in [6, 6.07) is 3.39. The summed E-state index contributed by atoms with van der Waals surface area (Å²) in [6.07, 6.45) is -0.386. The first-order valence-electron chi connectivity index (χ1n) is 10.3. The number of nitrogens with zero attached hydrogens (tertiary/aromatic N) is 2. The molecule has 188 valence electrons. The van der Waals surface area contributed by atoms with Crippen molar-refractivity contribution in [1.82, 2.24) is 9.80 Å². The minimum Gasteiger partial charge on any atom is -0.472 e. The lowest BCUT2D eigenvalue weighted by molar-refractivity contribution is -0.144. The van der Waals surface area contributed by atoms with Crippen LogP contribution in [0.2, 0.25) is 0 Å². The lowest BCUT2D eigenvalue weighted by atomic mass is 10.0. The molecule has 0 saturated carbocycles. The zero-order chi connectivity index (χ0) is 25.5. The number of furan rings is 1. The SMILES string of the molecule is CN1CCN(CC(F)(F)F)/C(=C(\N)c2ccoc2)C1.NC(CC=O)Cc1cc(F)c(P)cc1F. The smallest absolute Gasteiger partial charge is 0.405 e. The number of nitrogens with two attached hydrogens (primary N) is 2. The number of hydrogen-bond donors (Lipinski definition) is 2. The van der Waals surface area contributed by atoms with E-state index in [-0.39, 0.29) is 23.7 Å². The Kier molecular flexibility index (Phi) is 10.0. The van der Waals surface area contributed by atoms with Crippen molar-refractivity contribution in [3.8, 4) is 0 Å². The van der Waals surface area contributed by atoms with E-state index in [2.05, 4.69) is 9.24 Å². The van der Waals surface area contributed by atoms with Crippen molar-refractivity contribution in [2.24, 2.45) is 11.5 Å². The largest absolute Gasteiger partial charge is 0.472 e. The molecule has 0 spiro atoms. The van der Waals surface area contributed by atoms with E-state index >= 15 is 0 Å². The normalized spacial score (nSPS) is 17.1. The highest BCUT2D eigenvalue weighted by atomic mass is 31.0. The van der Waals surface area contributed by atoms with Crippen LogP contribution in [-0.4, -0.2) is 61.5 Å². The van der Waals surface area contributed by atoms with E-state index in [1.807, 2.05) is 11.9 Å². The predicted octanol–water partition coefficient (Wildman–Crippen LogP) is 2.64. The van der Waals surface area contributed by atoms with Gasteiger partial charge in [0.25, 0.3) is 0 Å². The molecule has 0 radical (unpaired) electrons. The Balaban J connectivity index is 0.000000248. The van der Waals surface area contributed by atoms with Crippen LogP contribution >= 0.6 is 9.24 Å². The number of halogens is 5. The highest BCUT2D eigenvalue weighted by Crippen LogP contribution is 2.25. The molecular formula is C22H28F5N4O2P. The lowest BCUT2D eigenvalue weighted by Gasteiger charge is -2.37. The van der Waals surface area contributed by atoms with Crippen molar-refractivity contribution in [2.45, 2.75) is 25.1 Å². The minimum atomic E-state index is -4.24. The van der Waals surface area contributed by atoms with Gasteiger partial charge >= 0.3 is 6.18 Å². The minimum absolute atomic E-state index is 0.143. The van der Waals surface area contributed by atoms with Gasteiger partial charge in [-0.25, -0.2) is 8.78 Å². The molecule has 1 aliphatic rings. The third kappa shape index (κ3) is 8.38. The molecule has 2 atom stereocenters. The average molecular weight is 506 g/mol. The second-order valence-electron chi connectivity index (χ2n) is 7.98. The maximum absolute atomic E-state index is 13.3. The van der Waals surface area contributed by atoms with E-state index in [9.17, 15) is 26.7 Å². The van der Waals surface area contributed by atoms with Crippen molar-refractivity contribution in [2.75, 3.05) is 33.2 Å². The van der Waals surface area contributed by atoms with E-state index in [1.165, 1.54) is 17.4 Å². The second kappa shape index (κ2) is 12.3. The molecule has 1 aromatic carbocycles. The molecule has 3 rings (SSSR count). The van der Waals surface area contributed by atoms with Gasteiger partial charge in [0.15, 0.2) is 0 Å². The maximum atomic E-state index is 13.3. The van der Waals surface area contributed by atoms with Gasteiger partial charge in [-0.3, -0.25) is 4.90 Å². The Morgan fingerprint density at radius 1 is 1.26 bits per heavy atom. The quantitative estimate of drug-likeness (QED) is 0.356. The van der Waals surface area contributed by atoms with Gasteiger partial charge in [-0.1, -0.05) is 0 Å². The summed E-state index contributed by atoms with van der Waals surface area (Å²) in [5.41, 5.74) is 13.2. The molecule has 0 bridgehead atoms. The van der Waals surface area contributed by atoms with Gasteiger partial charge in [-0.2, -0.15) is 13.2 Å².